The molecule has 0 atom stereocenters. The Morgan fingerprint density at radius 2 is 1.12 bits per heavy atom. The molecule has 8 rings (SSSR count). The number of fused-ring (bicyclic) bond motifs is 5. The summed E-state index contributed by atoms with van der Waals surface area (Å²) in [5.41, 5.74) is 7.70. The van der Waals surface area contributed by atoms with Crippen LogP contribution in [-0.2, 0) is 44.4 Å². The van der Waals surface area contributed by atoms with E-state index >= 15 is 0 Å². The van der Waals surface area contributed by atoms with Crippen LogP contribution in [0.1, 0.15) is 93.4 Å². The van der Waals surface area contributed by atoms with Gasteiger partial charge in [-0.15, -0.1) is 0 Å². The Hall–Kier alpha value is -3.25. The summed E-state index contributed by atoms with van der Waals surface area (Å²) in [6, 6.07) is 19.5. The summed E-state index contributed by atoms with van der Waals surface area (Å²) in [4.78, 5) is 0. The van der Waals surface area contributed by atoms with E-state index < -0.39 is 44.7 Å². The number of rotatable bonds is 4. The Morgan fingerprint density at radius 3 is 1.52 bits per heavy atom. The van der Waals surface area contributed by atoms with E-state index in [1.165, 1.54) is 23.3 Å². The van der Waals surface area contributed by atoms with Crippen molar-refractivity contribution in [3.05, 3.63) is 162 Å². The molecule has 4 aromatic rings. The van der Waals surface area contributed by atoms with Crippen LogP contribution >= 0.6 is 0 Å². The van der Waals surface area contributed by atoms with Crippen LogP contribution in [0, 0.1) is 0 Å². The molecule has 0 radical (unpaired) electrons. The van der Waals surface area contributed by atoms with E-state index in [9.17, 15) is 26.3 Å². The molecule has 4 aromatic carbocycles. The van der Waals surface area contributed by atoms with Crippen molar-refractivity contribution in [2.24, 2.45) is 0 Å². The third-order valence-corrected chi connectivity index (χ3v) is 19.0. The molecule has 0 unspecified atom stereocenters. The van der Waals surface area contributed by atoms with Crippen LogP contribution in [-0.4, -0.2) is 3.21 Å². The Balaban J connectivity index is 0.00000232. The summed E-state index contributed by atoms with van der Waals surface area (Å²) in [5.74, 6) is 0. The van der Waals surface area contributed by atoms with Gasteiger partial charge in [0.05, 0.1) is 0 Å². The first kappa shape index (κ1) is 38.5. The maximum absolute atomic E-state index is 14.3. The zero-order valence-electron chi connectivity index (χ0n) is 28.8. The van der Waals surface area contributed by atoms with Crippen LogP contribution in [0.2, 0.25) is 0 Å². The number of alkyl halides is 6. The molecule has 0 fully saturated rings. The standard InChI is InChI=1S/C23H21.C15H8F6.C5H5.2ClH.Zr/c1-22(2)7-5-14-10-18-16(12-20(14)22)9-17-13-21-15(11-19(17)18)6-8-23(21,3)4;16-14(17,18)12-5-1-3-10(8-12)7-11-4-2-6-13(9-11)15(19,20)21;1-2-4-5-3-1;;;/h5-13H,1-4H3;1-6,8-9H;1-3H,4H2;2*1H;/q;;;;;+2/p-2. The van der Waals surface area contributed by atoms with Gasteiger partial charge >= 0.3 is 297 Å². The van der Waals surface area contributed by atoms with Crippen LogP contribution < -0.4 is 24.8 Å². The summed E-state index contributed by atoms with van der Waals surface area (Å²) in [5, 5.41) is 0. The number of hydrogen-bond acceptors (Lipinski definition) is 0. The molecule has 0 spiro atoms. The topological polar surface area (TPSA) is 0 Å². The summed E-state index contributed by atoms with van der Waals surface area (Å²) in [7, 11) is 0. The summed E-state index contributed by atoms with van der Waals surface area (Å²) in [6.07, 6.45) is 6.21. The van der Waals surface area contributed by atoms with Crippen LogP contribution in [0.25, 0.3) is 23.3 Å². The molecular formula is C43H34Cl2F6Zr. The first-order valence-corrected chi connectivity index (χ1v) is 20.6. The molecule has 0 N–H and O–H groups in total. The SMILES string of the molecule is CC1(C)C=Cc2cc3c(cc21)[CH]([Zr+2]([C]1=CC=CC1)=[C](c1cccc(C(F)(F)F)c1)c1cccc(C(F)(F)F)c1)c1cc2c(cc1-3)C=CC2(C)C.[Cl-].[Cl-]. The van der Waals surface area contributed by atoms with Gasteiger partial charge in [0.25, 0.3) is 0 Å². The fraction of sp³-hybridized carbons (Fsp3) is 0.233. The van der Waals surface area contributed by atoms with Gasteiger partial charge in [-0.3, -0.25) is 0 Å². The molecule has 0 nitrogen and oxygen atoms in total. The van der Waals surface area contributed by atoms with Crippen LogP contribution in [0.4, 0.5) is 26.3 Å². The predicted octanol–water partition coefficient (Wildman–Crippen LogP) is 6.14. The molecule has 4 aliphatic carbocycles. The minimum atomic E-state index is -4.61. The van der Waals surface area contributed by atoms with Gasteiger partial charge in [0.1, 0.15) is 0 Å². The van der Waals surface area contributed by atoms with Gasteiger partial charge in [0.15, 0.2) is 0 Å². The second-order valence-electron chi connectivity index (χ2n) is 14.9. The van der Waals surface area contributed by atoms with E-state index in [4.69, 9.17) is 0 Å². The second-order valence-corrected chi connectivity index (χ2v) is 21.1. The maximum atomic E-state index is 14.3. The maximum Gasteiger partial charge on any atom is -1.00 e. The van der Waals surface area contributed by atoms with Crippen molar-refractivity contribution in [1.29, 1.82) is 0 Å². The van der Waals surface area contributed by atoms with Gasteiger partial charge in [0, 0.05) is 0 Å². The van der Waals surface area contributed by atoms with Crippen LogP contribution in [0.5, 0.6) is 0 Å². The first-order chi connectivity index (χ1) is 23.5. The van der Waals surface area contributed by atoms with Crippen LogP contribution in [0.15, 0.2) is 106 Å². The number of halogens is 8. The third kappa shape index (κ3) is 6.39. The average Bonchev–Trinajstić information content (AvgIpc) is 3.83. The van der Waals surface area contributed by atoms with E-state index in [-0.39, 0.29) is 39.3 Å². The van der Waals surface area contributed by atoms with Crippen molar-refractivity contribution in [1.82, 2.24) is 0 Å². The fourth-order valence-corrected chi connectivity index (χ4v) is 17.1. The molecule has 0 aromatic heterocycles. The van der Waals surface area contributed by atoms with Crippen molar-refractivity contribution in [3.8, 4) is 11.1 Å². The molecule has 0 bridgehead atoms. The molecular weight excluding hydrogens is 793 g/mol. The molecule has 4 aliphatic rings. The predicted molar refractivity (Wildman–Crippen MR) is 186 cm³/mol. The zero-order valence-corrected chi connectivity index (χ0v) is 32.7. The van der Waals surface area contributed by atoms with Crippen molar-refractivity contribution in [2.75, 3.05) is 0 Å². The van der Waals surface area contributed by atoms with E-state index in [1.54, 1.807) is 12.1 Å². The van der Waals surface area contributed by atoms with Crippen LogP contribution in [0.3, 0.4) is 0 Å². The van der Waals surface area contributed by atoms with Gasteiger partial charge in [-0.25, -0.2) is 0 Å². The minimum absolute atomic E-state index is 0. The average molecular weight is 827 g/mol. The van der Waals surface area contributed by atoms with Gasteiger partial charge in [0.2, 0.25) is 0 Å². The Morgan fingerprint density at radius 1 is 0.654 bits per heavy atom. The van der Waals surface area contributed by atoms with Gasteiger partial charge in [-0.2, -0.15) is 0 Å². The smallest absolute Gasteiger partial charge is 1.00 e. The summed E-state index contributed by atoms with van der Waals surface area (Å²) >= 11 is -3.62. The van der Waals surface area contributed by atoms with Gasteiger partial charge in [-0.05, 0) is 0 Å². The molecule has 0 amide bonds. The Kier molecular flexibility index (Phi) is 9.81. The number of hydrogen-bond donors (Lipinski definition) is 0. The molecule has 266 valence electrons. The monoisotopic (exact) mass is 824 g/mol. The number of allylic oxidation sites excluding steroid dienone is 6. The molecule has 0 aliphatic heterocycles. The van der Waals surface area contributed by atoms with Gasteiger partial charge in [-0.1, -0.05) is 0 Å². The molecule has 0 saturated carbocycles. The Labute approximate surface area is 320 Å². The molecule has 0 saturated heterocycles. The molecule has 9 heteroatoms. The quantitative estimate of drug-likeness (QED) is 0.217. The largest absolute Gasteiger partial charge is 1.00 e. The first-order valence-electron chi connectivity index (χ1n) is 16.7. The van der Waals surface area contributed by atoms with Gasteiger partial charge < -0.3 is 24.8 Å². The van der Waals surface area contributed by atoms with Crippen molar-refractivity contribution >= 4 is 15.4 Å². The summed E-state index contributed by atoms with van der Waals surface area (Å²) < 4.78 is 87.2. The van der Waals surface area contributed by atoms with E-state index in [2.05, 4.69) is 82.3 Å². The van der Waals surface area contributed by atoms with E-state index in [0.29, 0.717) is 20.8 Å². The Bertz CT molecular complexity index is 2140. The minimum Gasteiger partial charge on any atom is -1.00 e. The van der Waals surface area contributed by atoms with E-state index in [0.717, 1.165) is 60.9 Å². The van der Waals surface area contributed by atoms with Crippen molar-refractivity contribution < 1.29 is 72.4 Å². The summed E-state index contributed by atoms with van der Waals surface area (Å²) in [6.45, 7) is 8.69. The normalized spacial score (nSPS) is 17.0. The second kappa shape index (κ2) is 13.3. The molecule has 52 heavy (non-hydrogen) atoms. The zero-order chi connectivity index (χ0) is 35.4. The number of benzene rings is 4. The van der Waals surface area contributed by atoms with Crippen molar-refractivity contribution in [2.45, 2.75) is 60.9 Å². The molecule has 0 heterocycles. The van der Waals surface area contributed by atoms with Crippen molar-refractivity contribution in [3.63, 3.8) is 0 Å². The third-order valence-electron chi connectivity index (χ3n) is 10.7. The fourth-order valence-electron chi connectivity index (χ4n) is 8.17. The van der Waals surface area contributed by atoms with E-state index in [1.807, 2.05) is 12.2 Å².